The first-order valence-electron chi connectivity index (χ1n) is 6.07. The van der Waals surface area contributed by atoms with Crippen LogP contribution in [0.2, 0.25) is 0 Å². The van der Waals surface area contributed by atoms with Gasteiger partial charge in [0.2, 0.25) is 12.7 Å². The minimum atomic E-state index is -0.0815. The second-order valence-corrected chi connectivity index (χ2v) is 4.26. The average Bonchev–Trinajstić information content (AvgIpc) is 2.83. The number of hydrogen-bond donors (Lipinski definition) is 1. The number of carbonyl (C=O) groups excluding carboxylic acids is 1. The number of benzene rings is 1. The number of nitrogens with one attached hydrogen (secondary N) is 1. The van der Waals surface area contributed by atoms with Gasteiger partial charge in [0.1, 0.15) is 0 Å². The topological polar surface area (TPSA) is 47.6 Å². The Labute approximate surface area is 107 Å². The zero-order valence-electron chi connectivity index (χ0n) is 10.6. The summed E-state index contributed by atoms with van der Waals surface area (Å²) in [6.07, 6.45) is 4.22. The predicted octanol–water partition coefficient (Wildman–Crippen LogP) is 2.34. The summed E-state index contributed by atoms with van der Waals surface area (Å²) in [5.41, 5.74) is 0.915. The normalized spacial score (nSPS) is 14.8. The second kappa shape index (κ2) is 5.58. The summed E-state index contributed by atoms with van der Waals surface area (Å²) >= 11 is 0. The zero-order valence-corrected chi connectivity index (χ0v) is 10.6. The Morgan fingerprint density at radius 2 is 2.22 bits per heavy atom. The summed E-state index contributed by atoms with van der Waals surface area (Å²) in [5, 5.41) is 2.87. The molecule has 1 heterocycles. The quantitative estimate of drug-likeness (QED) is 0.831. The van der Waals surface area contributed by atoms with Crippen molar-refractivity contribution in [3.05, 3.63) is 29.8 Å². The molecule has 1 atom stereocenters. The number of ether oxygens (including phenoxy) is 2. The molecule has 1 N–H and O–H groups in total. The van der Waals surface area contributed by atoms with Crippen LogP contribution in [0.25, 0.3) is 6.08 Å². The molecule has 96 valence electrons. The average molecular weight is 247 g/mol. The molecule has 0 fully saturated rings. The fourth-order valence-corrected chi connectivity index (χ4v) is 1.58. The standard InChI is InChI=1S/C14H17NO3/c1-3-10(2)15-14(16)7-5-11-4-6-12-13(8-11)18-9-17-12/h4-8,10H,3,9H2,1-2H3,(H,15,16)/b7-5+/t10-/m1/s1. The smallest absolute Gasteiger partial charge is 0.244 e. The van der Waals surface area contributed by atoms with Crippen molar-refractivity contribution in [2.24, 2.45) is 0 Å². The van der Waals surface area contributed by atoms with Crippen LogP contribution in [-0.2, 0) is 4.79 Å². The molecule has 0 saturated heterocycles. The van der Waals surface area contributed by atoms with Crippen molar-refractivity contribution in [2.75, 3.05) is 6.79 Å². The van der Waals surface area contributed by atoms with E-state index >= 15 is 0 Å². The number of rotatable bonds is 4. The van der Waals surface area contributed by atoms with Gasteiger partial charge in [-0.25, -0.2) is 0 Å². The van der Waals surface area contributed by atoms with Gasteiger partial charge < -0.3 is 14.8 Å². The Kier molecular flexibility index (Phi) is 3.87. The third kappa shape index (κ3) is 3.03. The van der Waals surface area contributed by atoms with Gasteiger partial charge in [-0.1, -0.05) is 13.0 Å². The van der Waals surface area contributed by atoms with Crippen molar-refractivity contribution in [1.82, 2.24) is 5.32 Å². The third-order valence-electron chi connectivity index (χ3n) is 2.82. The van der Waals surface area contributed by atoms with Crippen LogP contribution in [0.3, 0.4) is 0 Å². The Morgan fingerprint density at radius 1 is 1.44 bits per heavy atom. The summed E-state index contributed by atoms with van der Waals surface area (Å²) in [6.45, 7) is 4.27. The molecule has 4 heteroatoms. The van der Waals surface area contributed by atoms with Gasteiger partial charge in [0.05, 0.1) is 0 Å². The van der Waals surface area contributed by atoms with Gasteiger partial charge in [-0.05, 0) is 37.1 Å². The first-order chi connectivity index (χ1) is 8.69. The SMILES string of the molecule is CC[C@@H](C)NC(=O)/C=C/c1ccc2c(c1)OCO2. The minimum absolute atomic E-state index is 0.0815. The molecule has 1 aromatic carbocycles. The summed E-state index contributed by atoms with van der Waals surface area (Å²) in [7, 11) is 0. The highest BCUT2D eigenvalue weighted by Crippen LogP contribution is 2.32. The molecule has 1 aliphatic heterocycles. The third-order valence-corrected chi connectivity index (χ3v) is 2.82. The van der Waals surface area contributed by atoms with Crippen molar-refractivity contribution in [1.29, 1.82) is 0 Å². The molecule has 0 unspecified atom stereocenters. The molecule has 0 radical (unpaired) electrons. The van der Waals surface area contributed by atoms with Crippen LogP contribution in [0.1, 0.15) is 25.8 Å². The van der Waals surface area contributed by atoms with Crippen LogP contribution in [0, 0.1) is 0 Å². The van der Waals surface area contributed by atoms with Gasteiger partial charge in [0, 0.05) is 12.1 Å². The molecular formula is C14H17NO3. The van der Waals surface area contributed by atoms with E-state index in [4.69, 9.17) is 9.47 Å². The van der Waals surface area contributed by atoms with Crippen molar-refractivity contribution >= 4 is 12.0 Å². The molecule has 0 aromatic heterocycles. The Balaban J connectivity index is 1.98. The molecule has 0 saturated carbocycles. The van der Waals surface area contributed by atoms with Crippen molar-refractivity contribution < 1.29 is 14.3 Å². The number of hydrogen-bond acceptors (Lipinski definition) is 3. The van der Waals surface area contributed by atoms with Crippen LogP contribution in [0.4, 0.5) is 0 Å². The van der Waals surface area contributed by atoms with Crippen LogP contribution in [0.15, 0.2) is 24.3 Å². The lowest BCUT2D eigenvalue weighted by atomic mass is 10.2. The Bertz CT molecular complexity index is 468. The fourth-order valence-electron chi connectivity index (χ4n) is 1.58. The lowest BCUT2D eigenvalue weighted by Gasteiger charge is -2.08. The summed E-state index contributed by atoms with van der Waals surface area (Å²) < 4.78 is 10.5. The first-order valence-corrected chi connectivity index (χ1v) is 6.07. The van der Waals surface area contributed by atoms with Crippen LogP contribution in [-0.4, -0.2) is 18.7 Å². The maximum atomic E-state index is 11.6. The second-order valence-electron chi connectivity index (χ2n) is 4.26. The van der Waals surface area contributed by atoms with E-state index in [1.807, 2.05) is 32.0 Å². The highest BCUT2D eigenvalue weighted by atomic mass is 16.7. The molecule has 2 rings (SSSR count). The number of carbonyl (C=O) groups is 1. The zero-order chi connectivity index (χ0) is 13.0. The van der Waals surface area contributed by atoms with Gasteiger partial charge in [0.25, 0.3) is 0 Å². The first kappa shape index (κ1) is 12.5. The molecular weight excluding hydrogens is 230 g/mol. The highest BCUT2D eigenvalue weighted by molar-refractivity contribution is 5.91. The molecule has 1 aliphatic rings. The van der Waals surface area contributed by atoms with Crippen molar-refractivity contribution in [2.45, 2.75) is 26.3 Å². The van der Waals surface area contributed by atoms with Gasteiger partial charge in [0.15, 0.2) is 11.5 Å². The Hall–Kier alpha value is -1.97. The molecule has 0 spiro atoms. The predicted molar refractivity (Wildman–Crippen MR) is 69.5 cm³/mol. The van der Waals surface area contributed by atoms with Gasteiger partial charge in [-0.2, -0.15) is 0 Å². The van der Waals surface area contributed by atoms with Crippen molar-refractivity contribution in [3.63, 3.8) is 0 Å². The molecule has 4 nitrogen and oxygen atoms in total. The van der Waals surface area contributed by atoms with Crippen molar-refractivity contribution in [3.8, 4) is 11.5 Å². The fraction of sp³-hybridized carbons (Fsp3) is 0.357. The molecule has 0 bridgehead atoms. The van der Waals surface area contributed by atoms with Crippen LogP contribution < -0.4 is 14.8 Å². The molecule has 0 aliphatic carbocycles. The van der Waals surface area contributed by atoms with Gasteiger partial charge in [-0.15, -0.1) is 0 Å². The lowest BCUT2D eigenvalue weighted by Crippen LogP contribution is -2.30. The number of amides is 1. The monoisotopic (exact) mass is 247 g/mol. The van der Waals surface area contributed by atoms with E-state index in [9.17, 15) is 4.79 Å². The lowest BCUT2D eigenvalue weighted by molar-refractivity contribution is -0.117. The molecule has 1 amide bonds. The van der Waals surface area contributed by atoms with E-state index in [1.165, 1.54) is 6.08 Å². The molecule has 1 aromatic rings. The minimum Gasteiger partial charge on any atom is -0.454 e. The van der Waals surface area contributed by atoms with E-state index < -0.39 is 0 Å². The maximum absolute atomic E-state index is 11.6. The van der Waals surface area contributed by atoms with Gasteiger partial charge in [-0.3, -0.25) is 4.79 Å². The highest BCUT2D eigenvalue weighted by Gasteiger charge is 2.12. The maximum Gasteiger partial charge on any atom is 0.244 e. The van der Waals surface area contributed by atoms with Gasteiger partial charge >= 0.3 is 0 Å². The van der Waals surface area contributed by atoms with E-state index in [0.717, 1.165) is 23.5 Å². The summed E-state index contributed by atoms with van der Waals surface area (Å²) in [5.74, 6) is 1.39. The van der Waals surface area contributed by atoms with Crippen LogP contribution in [0.5, 0.6) is 11.5 Å². The molecule has 18 heavy (non-hydrogen) atoms. The van der Waals surface area contributed by atoms with Crippen LogP contribution >= 0.6 is 0 Å². The van der Waals surface area contributed by atoms with E-state index in [0.29, 0.717) is 0 Å². The Morgan fingerprint density at radius 3 is 3.00 bits per heavy atom. The van der Waals surface area contributed by atoms with E-state index in [2.05, 4.69) is 5.32 Å². The summed E-state index contributed by atoms with van der Waals surface area (Å²) in [6, 6.07) is 5.78. The number of fused-ring (bicyclic) bond motifs is 1. The largest absolute Gasteiger partial charge is 0.454 e. The van der Waals surface area contributed by atoms with E-state index in [1.54, 1.807) is 6.08 Å². The summed E-state index contributed by atoms with van der Waals surface area (Å²) in [4.78, 5) is 11.6. The van der Waals surface area contributed by atoms with E-state index in [-0.39, 0.29) is 18.7 Å².